The lowest BCUT2D eigenvalue weighted by Crippen LogP contribution is -2.13. The molecule has 7 heteroatoms. The van der Waals surface area contributed by atoms with Crippen LogP contribution in [0.2, 0.25) is 0 Å². The van der Waals surface area contributed by atoms with Crippen LogP contribution < -0.4 is 10.1 Å². The van der Waals surface area contributed by atoms with E-state index in [2.05, 4.69) is 15.5 Å². The third kappa shape index (κ3) is 4.42. The van der Waals surface area contributed by atoms with E-state index in [9.17, 15) is 4.79 Å². The molecule has 0 spiro atoms. The second kappa shape index (κ2) is 8.33. The fourth-order valence-corrected chi connectivity index (χ4v) is 4.31. The number of hydrogen-bond donors (Lipinski definition) is 1. The van der Waals surface area contributed by atoms with Gasteiger partial charge in [0.25, 0.3) is 0 Å². The number of nitrogens with one attached hydrogen (secondary N) is 1. The molecule has 0 aliphatic carbocycles. The highest BCUT2D eigenvalue weighted by atomic mass is 32.2. The first kappa shape index (κ1) is 18.4. The molecule has 1 aromatic heterocycles. The minimum atomic E-state index is -0.232. The first-order valence-corrected chi connectivity index (χ1v) is 9.77. The van der Waals surface area contributed by atoms with Gasteiger partial charge in [-0.05, 0) is 26.0 Å². The van der Waals surface area contributed by atoms with Gasteiger partial charge in [-0.2, -0.15) is 0 Å². The summed E-state index contributed by atoms with van der Waals surface area (Å²) in [5.41, 5.74) is 2.68. The molecule has 0 unspecified atom stereocenters. The number of carbonyl (C=O) groups excluding carboxylic acids is 1. The minimum Gasteiger partial charge on any atom is -0.495 e. The van der Waals surface area contributed by atoms with Crippen molar-refractivity contribution in [3.05, 3.63) is 59.7 Å². The van der Waals surface area contributed by atoms with E-state index in [0.29, 0.717) is 10.7 Å². The molecule has 0 fully saturated rings. The van der Waals surface area contributed by atoms with Gasteiger partial charge in [0.2, 0.25) is 5.13 Å². The van der Waals surface area contributed by atoms with Crippen LogP contribution in [0.1, 0.15) is 22.8 Å². The number of methoxy groups -OCH3 is 1. The summed E-state index contributed by atoms with van der Waals surface area (Å²) in [4.78, 5) is 12.5. The highest BCUT2D eigenvalue weighted by Gasteiger charge is 2.19. The Hall–Kier alpha value is -2.38. The van der Waals surface area contributed by atoms with E-state index < -0.39 is 0 Å². The van der Waals surface area contributed by atoms with E-state index in [1.807, 2.05) is 62.4 Å². The van der Waals surface area contributed by atoms with E-state index in [1.165, 1.54) is 23.1 Å². The van der Waals surface area contributed by atoms with Crippen molar-refractivity contribution in [2.24, 2.45) is 0 Å². The van der Waals surface area contributed by atoms with Crippen LogP contribution in [0, 0.1) is 6.92 Å². The summed E-state index contributed by atoms with van der Waals surface area (Å²) in [7, 11) is 1.63. The van der Waals surface area contributed by atoms with Crippen molar-refractivity contribution in [3.63, 3.8) is 0 Å². The zero-order valence-corrected chi connectivity index (χ0v) is 16.4. The Bertz CT molecular complexity index is 894. The number of aromatic nitrogens is 2. The lowest BCUT2D eigenvalue weighted by molar-refractivity contribution is 0.0994. The summed E-state index contributed by atoms with van der Waals surface area (Å²) in [6, 6.07) is 15.2. The number of para-hydroxylation sites is 2. The largest absolute Gasteiger partial charge is 0.495 e. The van der Waals surface area contributed by atoms with Gasteiger partial charge in [0.05, 0.1) is 18.0 Å². The molecule has 0 aliphatic rings. The Balaban J connectivity index is 1.66. The number of benzene rings is 2. The molecule has 0 amide bonds. The maximum atomic E-state index is 12.5. The van der Waals surface area contributed by atoms with Gasteiger partial charge in [-0.3, -0.25) is 4.79 Å². The number of Topliss-reactive ketones (excluding diaryl/α,β-unsaturated/α-hetero) is 1. The number of hydrogen-bond acceptors (Lipinski definition) is 7. The third-order valence-electron chi connectivity index (χ3n) is 3.74. The molecule has 0 aliphatic heterocycles. The number of nitrogens with zero attached hydrogens (tertiary/aromatic N) is 2. The molecule has 3 rings (SSSR count). The number of rotatable bonds is 7. The van der Waals surface area contributed by atoms with Crippen molar-refractivity contribution in [1.29, 1.82) is 0 Å². The van der Waals surface area contributed by atoms with Crippen LogP contribution in [-0.4, -0.2) is 28.3 Å². The summed E-state index contributed by atoms with van der Waals surface area (Å²) in [5.74, 6) is 0.823. The van der Waals surface area contributed by atoms with Gasteiger partial charge in [0.1, 0.15) is 5.75 Å². The average molecular weight is 386 g/mol. The number of carbonyl (C=O) groups is 1. The molecule has 0 bridgehead atoms. The minimum absolute atomic E-state index is 0.0874. The van der Waals surface area contributed by atoms with Gasteiger partial charge in [-0.15, -0.1) is 10.2 Å². The summed E-state index contributed by atoms with van der Waals surface area (Å²) in [6.45, 7) is 3.89. The van der Waals surface area contributed by atoms with Crippen molar-refractivity contribution in [2.45, 2.75) is 23.4 Å². The van der Waals surface area contributed by atoms with Crippen LogP contribution in [0.4, 0.5) is 10.8 Å². The molecule has 0 radical (unpaired) electrons. The maximum absolute atomic E-state index is 12.5. The fraction of sp³-hybridized carbons (Fsp3) is 0.211. The molecule has 1 heterocycles. The normalized spacial score (nSPS) is 11.8. The van der Waals surface area contributed by atoms with Crippen molar-refractivity contribution in [2.75, 3.05) is 12.4 Å². The van der Waals surface area contributed by atoms with Crippen LogP contribution in [0.5, 0.6) is 5.75 Å². The first-order valence-electron chi connectivity index (χ1n) is 8.08. The van der Waals surface area contributed by atoms with Gasteiger partial charge in [-0.1, -0.05) is 65.1 Å². The Kier molecular flexibility index (Phi) is 5.90. The van der Waals surface area contributed by atoms with Crippen LogP contribution in [0.3, 0.4) is 0 Å². The fourth-order valence-electron chi connectivity index (χ4n) is 2.33. The number of aryl methyl sites for hydroxylation is 1. The molecule has 0 saturated heterocycles. The van der Waals surface area contributed by atoms with E-state index in [1.54, 1.807) is 7.11 Å². The molecular formula is C19H19N3O2S2. The lowest BCUT2D eigenvalue weighted by atomic mass is 10.1. The molecule has 3 aromatic rings. The van der Waals surface area contributed by atoms with Crippen molar-refractivity contribution in [3.8, 4) is 5.75 Å². The predicted octanol–water partition coefficient (Wildman–Crippen LogP) is 4.96. The third-order valence-corrected chi connectivity index (χ3v) is 5.76. The van der Waals surface area contributed by atoms with Gasteiger partial charge < -0.3 is 10.1 Å². The molecule has 5 nitrogen and oxygen atoms in total. The summed E-state index contributed by atoms with van der Waals surface area (Å²) in [5, 5.41) is 12.0. The van der Waals surface area contributed by atoms with Crippen LogP contribution >= 0.6 is 23.1 Å². The van der Waals surface area contributed by atoms with Crippen molar-refractivity contribution < 1.29 is 9.53 Å². The van der Waals surface area contributed by atoms with Crippen molar-refractivity contribution >= 4 is 39.7 Å². The molecular weight excluding hydrogens is 366 g/mol. The van der Waals surface area contributed by atoms with Gasteiger partial charge in [0, 0.05) is 5.56 Å². The zero-order valence-electron chi connectivity index (χ0n) is 14.7. The van der Waals surface area contributed by atoms with Crippen molar-refractivity contribution in [1.82, 2.24) is 10.2 Å². The van der Waals surface area contributed by atoms with Gasteiger partial charge >= 0.3 is 0 Å². The lowest BCUT2D eigenvalue weighted by Gasteiger charge is -2.08. The zero-order chi connectivity index (χ0) is 18.5. The Morgan fingerprint density at radius 3 is 2.62 bits per heavy atom. The number of ketones is 1. The molecule has 1 N–H and O–H groups in total. The number of thioether (sulfide) groups is 1. The SMILES string of the molecule is COc1ccccc1Nc1nnc(S[C@H](C)C(=O)c2ccc(C)cc2)s1. The van der Waals surface area contributed by atoms with Crippen LogP contribution in [0.15, 0.2) is 52.9 Å². The Labute approximate surface area is 160 Å². The van der Waals surface area contributed by atoms with E-state index in [-0.39, 0.29) is 11.0 Å². The monoisotopic (exact) mass is 385 g/mol. The quantitative estimate of drug-likeness (QED) is 0.458. The topological polar surface area (TPSA) is 64.1 Å². The van der Waals surface area contributed by atoms with Gasteiger partial charge in [-0.25, -0.2) is 0 Å². The van der Waals surface area contributed by atoms with Crippen LogP contribution in [0.25, 0.3) is 0 Å². The smallest absolute Gasteiger partial charge is 0.210 e. The summed E-state index contributed by atoms with van der Waals surface area (Å²) in [6.07, 6.45) is 0. The number of ether oxygens (including phenoxy) is 1. The highest BCUT2D eigenvalue weighted by Crippen LogP contribution is 2.33. The maximum Gasteiger partial charge on any atom is 0.210 e. The summed E-state index contributed by atoms with van der Waals surface area (Å²) >= 11 is 2.83. The highest BCUT2D eigenvalue weighted by molar-refractivity contribution is 8.02. The molecule has 1 atom stereocenters. The van der Waals surface area contributed by atoms with Gasteiger partial charge in [0.15, 0.2) is 10.1 Å². The first-order chi connectivity index (χ1) is 12.6. The predicted molar refractivity (Wildman–Crippen MR) is 107 cm³/mol. The van der Waals surface area contributed by atoms with E-state index in [4.69, 9.17) is 4.74 Å². The summed E-state index contributed by atoms with van der Waals surface area (Å²) < 4.78 is 6.07. The van der Waals surface area contributed by atoms with E-state index in [0.717, 1.165) is 21.3 Å². The second-order valence-electron chi connectivity index (χ2n) is 5.69. The van der Waals surface area contributed by atoms with Crippen LogP contribution in [-0.2, 0) is 0 Å². The molecule has 26 heavy (non-hydrogen) atoms. The number of anilines is 2. The molecule has 0 saturated carbocycles. The Morgan fingerprint density at radius 2 is 1.88 bits per heavy atom. The van der Waals surface area contributed by atoms with E-state index >= 15 is 0 Å². The Morgan fingerprint density at radius 1 is 1.15 bits per heavy atom. The molecule has 134 valence electrons. The molecule has 2 aromatic carbocycles. The second-order valence-corrected chi connectivity index (χ2v) is 8.25. The average Bonchev–Trinajstić information content (AvgIpc) is 3.09. The standard InChI is InChI=1S/C19H19N3O2S2/c1-12-8-10-14(11-9-12)17(23)13(2)25-19-22-21-18(26-19)20-15-6-4-5-7-16(15)24-3/h4-11,13H,1-3H3,(H,20,21)/t13-/m1/s1.